The third-order valence-corrected chi connectivity index (χ3v) is 4.53. The van der Waals surface area contributed by atoms with Crippen LogP contribution < -0.4 is 14.4 Å². The maximum Gasteiger partial charge on any atom is 0.254 e. The minimum atomic E-state index is 0.0383. The minimum absolute atomic E-state index is 0.0383. The summed E-state index contributed by atoms with van der Waals surface area (Å²) in [4.78, 5) is 21.3. The number of carbonyl (C=O) groups is 1. The normalized spacial score (nSPS) is 17.1. The fourth-order valence-corrected chi connectivity index (χ4v) is 3.16. The lowest BCUT2D eigenvalue weighted by molar-refractivity contribution is 0.0746. The van der Waals surface area contributed by atoms with Crippen molar-refractivity contribution in [1.82, 2.24) is 9.88 Å². The fourth-order valence-electron chi connectivity index (χ4n) is 3.16. The van der Waals surface area contributed by atoms with E-state index in [9.17, 15) is 4.79 Å². The van der Waals surface area contributed by atoms with Crippen LogP contribution in [0.3, 0.4) is 0 Å². The van der Waals surface area contributed by atoms with Crippen molar-refractivity contribution in [1.29, 1.82) is 0 Å². The molecule has 1 fully saturated rings. The summed E-state index contributed by atoms with van der Waals surface area (Å²) in [6.45, 7) is 4.21. The minimum Gasteiger partial charge on any atom is -0.490 e. The van der Waals surface area contributed by atoms with E-state index in [0.29, 0.717) is 43.4 Å². The maximum atomic E-state index is 12.8. The molecule has 2 aromatic rings. The zero-order valence-corrected chi connectivity index (χ0v) is 14.1. The van der Waals surface area contributed by atoms with E-state index in [1.165, 1.54) is 0 Å². The van der Waals surface area contributed by atoms with Crippen LogP contribution in [-0.4, -0.2) is 55.2 Å². The molecule has 6 nitrogen and oxygen atoms in total. The van der Waals surface area contributed by atoms with Gasteiger partial charge in [0, 0.05) is 44.4 Å². The topological polar surface area (TPSA) is 54.9 Å². The molecule has 6 heteroatoms. The summed E-state index contributed by atoms with van der Waals surface area (Å²) in [5.74, 6) is 2.38. The third-order valence-electron chi connectivity index (χ3n) is 4.53. The number of fused-ring (bicyclic) bond motifs is 1. The number of rotatable bonds is 2. The maximum absolute atomic E-state index is 12.8. The quantitative estimate of drug-likeness (QED) is 0.840. The second-order valence-corrected chi connectivity index (χ2v) is 6.18. The molecule has 1 amide bonds. The van der Waals surface area contributed by atoms with Crippen LogP contribution in [0.1, 0.15) is 16.8 Å². The molecule has 0 saturated carbocycles. The number of hydrogen-bond donors (Lipinski definition) is 0. The number of nitrogens with zero attached hydrogens (tertiary/aromatic N) is 3. The van der Waals surface area contributed by atoms with Gasteiger partial charge in [0.2, 0.25) is 0 Å². The molecule has 0 bridgehead atoms. The lowest BCUT2D eigenvalue weighted by atomic mass is 10.1. The van der Waals surface area contributed by atoms with Gasteiger partial charge in [-0.3, -0.25) is 4.79 Å². The Bertz CT molecular complexity index is 743. The molecule has 0 aliphatic carbocycles. The molecule has 0 N–H and O–H groups in total. The average Bonchev–Trinajstić information content (AvgIpc) is 2.93. The Hall–Kier alpha value is -2.76. The van der Waals surface area contributed by atoms with Gasteiger partial charge < -0.3 is 19.3 Å². The van der Waals surface area contributed by atoms with Gasteiger partial charge in [-0.2, -0.15) is 0 Å². The third kappa shape index (κ3) is 3.38. The second kappa shape index (κ2) is 7.01. The Morgan fingerprint density at radius 3 is 2.52 bits per heavy atom. The smallest absolute Gasteiger partial charge is 0.254 e. The van der Waals surface area contributed by atoms with Crippen LogP contribution in [-0.2, 0) is 0 Å². The van der Waals surface area contributed by atoms with Crippen molar-refractivity contribution < 1.29 is 14.3 Å². The van der Waals surface area contributed by atoms with Crippen LogP contribution >= 0.6 is 0 Å². The highest BCUT2D eigenvalue weighted by atomic mass is 16.5. The van der Waals surface area contributed by atoms with Crippen molar-refractivity contribution >= 4 is 11.7 Å². The first-order valence-corrected chi connectivity index (χ1v) is 8.66. The number of piperazine rings is 1. The highest BCUT2D eigenvalue weighted by Crippen LogP contribution is 2.31. The van der Waals surface area contributed by atoms with Gasteiger partial charge in [0.05, 0.1) is 13.2 Å². The molecule has 1 saturated heterocycles. The van der Waals surface area contributed by atoms with Gasteiger partial charge in [-0.05, 0) is 30.3 Å². The standard InChI is InChI=1S/C19H21N3O3/c23-19(15-5-6-16-17(14-15)25-13-3-12-24-16)22-10-8-21(9-11-22)18-4-1-2-7-20-18/h1-2,4-7,14H,3,8-13H2. The van der Waals surface area contributed by atoms with E-state index < -0.39 is 0 Å². The Morgan fingerprint density at radius 2 is 1.76 bits per heavy atom. The summed E-state index contributed by atoms with van der Waals surface area (Å²) in [7, 11) is 0. The second-order valence-electron chi connectivity index (χ2n) is 6.18. The van der Waals surface area contributed by atoms with Crippen LogP contribution in [0, 0.1) is 0 Å². The van der Waals surface area contributed by atoms with Crippen molar-refractivity contribution in [2.75, 3.05) is 44.3 Å². The van der Waals surface area contributed by atoms with Crippen LogP contribution in [0.25, 0.3) is 0 Å². The summed E-state index contributed by atoms with van der Waals surface area (Å²) < 4.78 is 11.3. The van der Waals surface area contributed by atoms with E-state index in [4.69, 9.17) is 9.47 Å². The zero-order chi connectivity index (χ0) is 17.1. The first-order valence-electron chi connectivity index (χ1n) is 8.66. The lowest BCUT2D eigenvalue weighted by Crippen LogP contribution is -2.49. The van der Waals surface area contributed by atoms with Crippen LogP contribution in [0.4, 0.5) is 5.82 Å². The van der Waals surface area contributed by atoms with Gasteiger partial charge in [0.15, 0.2) is 11.5 Å². The first kappa shape index (κ1) is 15.7. The lowest BCUT2D eigenvalue weighted by Gasteiger charge is -2.35. The molecule has 0 spiro atoms. The number of benzene rings is 1. The molecule has 1 aromatic heterocycles. The van der Waals surface area contributed by atoms with Crippen molar-refractivity contribution in [3.8, 4) is 11.5 Å². The Morgan fingerprint density at radius 1 is 0.960 bits per heavy atom. The van der Waals surface area contributed by atoms with Crippen molar-refractivity contribution in [2.24, 2.45) is 0 Å². The van der Waals surface area contributed by atoms with Gasteiger partial charge >= 0.3 is 0 Å². The largest absolute Gasteiger partial charge is 0.490 e. The molecule has 1 aromatic carbocycles. The van der Waals surface area contributed by atoms with E-state index in [0.717, 1.165) is 25.3 Å². The summed E-state index contributed by atoms with van der Waals surface area (Å²) in [6.07, 6.45) is 2.65. The fraction of sp³-hybridized carbons (Fsp3) is 0.368. The monoisotopic (exact) mass is 339 g/mol. The molecule has 25 heavy (non-hydrogen) atoms. The predicted molar refractivity (Wildman–Crippen MR) is 94.4 cm³/mol. The molecule has 4 rings (SSSR count). The number of ether oxygens (including phenoxy) is 2. The highest BCUT2D eigenvalue weighted by Gasteiger charge is 2.24. The number of aromatic nitrogens is 1. The van der Waals surface area contributed by atoms with Gasteiger partial charge in [-0.1, -0.05) is 6.07 Å². The van der Waals surface area contributed by atoms with Crippen LogP contribution in [0.5, 0.6) is 11.5 Å². The first-order chi connectivity index (χ1) is 12.3. The van der Waals surface area contributed by atoms with Crippen molar-refractivity contribution in [3.05, 3.63) is 48.2 Å². The molecule has 3 heterocycles. The van der Waals surface area contributed by atoms with E-state index in [1.807, 2.05) is 35.2 Å². The van der Waals surface area contributed by atoms with E-state index in [-0.39, 0.29) is 5.91 Å². The SMILES string of the molecule is O=C(c1ccc2c(c1)OCCCO2)N1CCN(c2ccccn2)CC1. The molecule has 2 aliphatic rings. The summed E-state index contributed by atoms with van der Waals surface area (Å²) >= 11 is 0. The summed E-state index contributed by atoms with van der Waals surface area (Å²) in [5.41, 5.74) is 0.649. The van der Waals surface area contributed by atoms with E-state index >= 15 is 0 Å². The number of anilines is 1. The number of amides is 1. The molecular formula is C19H21N3O3. The Kier molecular flexibility index (Phi) is 4.41. The van der Waals surface area contributed by atoms with Crippen molar-refractivity contribution in [3.63, 3.8) is 0 Å². The van der Waals surface area contributed by atoms with E-state index in [1.54, 1.807) is 12.3 Å². The molecule has 130 valence electrons. The summed E-state index contributed by atoms with van der Waals surface area (Å²) in [6, 6.07) is 11.3. The number of pyridine rings is 1. The van der Waals surface area contributed by atoms with E-state index in [2.05, 4.69) is 9.88 Å². The van der Waals surface area contributed by atoms with Gasteiger partial charge in [0.1, 0.15) is 5.82 Å². The van der Waals surface area contributed by atoms with Crippen LogP contribution in [0.15, 0.2) is 42.6 Å². The predicted octanol–water partition coefficient (Wildman–Crippen LogP) is 2.21. The molecule has 0 radical (unpaired) electrons. The molecule has 2 aliphatic heterocycles. The molecule has 0 unspecified atom stereocenters. The zero-order valence-electron chi connectivity index (χ0n) is 14.1. The Labute approximate surface area is 147 Å². The number of hydrogen-bond acceptors (Lipinski definition) is 5. The van der Waals surface area contributed by atoms with Gasteiger partial charge in [-0.25, -0.2) is 4.98 Å². The van der Waals surface area contributed by atoms with Gasteiger partial charge in [-0.15, -0.1) is 0 Å². The summed E-state index contributed by atoms with van der Waals surface area (Å²) in [5, 5.41) is 0. The molecular weight excluding hydrogens is 318 g/mol. The van der Waals surface area contributed by atoms with Crippen LogP contribution in [0.2, 0.25) is 0 Å². The van der Waals surface area contributed by atoms with Gasteiger partial charge in [0.25, 0.3) is 5.91 Å². The Balaban J connectivity index is 1.43. The average molecular weight is 339 g/mol. The number of carbonyl (C=O) groups excluding carboxylic acids is 1. The highest BCUT2D eigenvalue weighted by molar-refractivity contribution is 5.95. The van der Waals surface area contributed by atoms with Crippen molar-refractivity contribution in [2.45, 2.75) is 6.42 Å². The molecule has 0 atom stereocenters.